The van der Waals surface area contributed by atoms with Crippen molar-refractivity contribution in [1.82, 2.24) is 10.3 Å². The third kappa shape index (κ3) is 3.23. The summed E-state index contributed by atoms with van der Waals surface area (Å²) in [5.41, 5.74) is -1.06. The smallest absolute Gasteiger partial charge is 0.352 e. The van der Waals surface area contributed by atoms with E-state index in [0.717, 1.165) is 0 Å². The predicted octanol–water partition coefficient (Wildman–Crippen LogP) is 2.07. The number of nitrogens with zero attached hydrogens (tertiary/aromatic N) is 2. The van der Waals surface area contributed by atoms with Gasteiger partial charge in [0.15, 0.2) is 11.6 Å². The van der Waals surface area contributed by atoms with Crippen molar-refractivity contribution in [3.8, 4) is 0 Å². The highest BCUT2D eigenvalue weighted by Crippen LogP contribution is 2.30. The van der Waals surface area contributed by atoms with Gasteiger partial charge in [-0.05, 0) is 6.07 Å². The van der Waals surface area contributed by atoms with Gasteiger partial charge in [0.05, 0.1) is 5.56 Å². The number of halogens is 5. The molecule has 1 aliphatic rings. The number of alkyl halides is 3. The van der Waals surface area contributed by atoms with E-state index in [9.17, 15) is 17.6 Å². The summed E-state index contributed by atoms with van der Waals surface area (Å²) >= 11 is 0. The van der Waals surface area contributed by atoms with Gasteiger partial charge < -0.3 is 10.2 Å². The van der Waals surface area contributed by atoms with Crippen LogP contribution < -0.4 is 10.2 Å². The van der Waals surface area contributed by atoms with Gasteiger partial charge in [0.25, 0.3) is 0 Å². The molecule has 3 nitrogen and oxygen atoms in total. The maximum atomic E-state index is 13.5. The minimum absolute atomic E-state index is 0. The molecule has 0 radical (unpaired) electrons. The lowest BCUT2D eigenvalue weighted by molar-refractivity contribution is -0.138. The van der Waals surface area contributed by atoms with E-state index in [0.29, 0.717) is 38.4 Å². The number of piperazine rings is 1. The van der Waals surface area contributed by atoms with Gasteiger partial charge in [0.2, 0.25) is 0 Å². The summed E-state index contributed by atoms with van der Waals surface area (Å²) in [5.74, 6) is -0.943. The first-order chi connectivity index (χ1) is 7.98. The van der Waals surface area contributed by atoms with Crippen LogP contribution in [0.3, 0.4) is 0 Å². The van der Waals surface area contributed by atoms with Gasteiger partial charge in [-0.15, -0.1) is 12.4 Å². The Kier molecular flexibility index (Phi) is 4.75. The molecule has 1 N–H and O–H groups in total. The van der Waals surface area contributed by atoms with Crippen molar-refractivity contribution in [3.63, 3.8) is 0 Å². The molecule has 2 heterocycles. The average molecular weight is 286 g/mol. The van der Waals surface area contributed by atoms with Crippen LogP contribution in [-0.2, 0) is 6.18 Å². The number of pyridine rings is 1. The van der Waals surface area contributed by atoms with Crippen LogP contribution in [0.25, 0.3) is 0 Å². The summed E-state index contributed by atoms with van der Waals surface area (Å²) in [6.45, 7) is 2.41. The van der Waals surface area contributed by atoms with Gasteiger partial charge in [-0.2, -0.15) is 13.2 Å². The number of aromatic nitrogens is 1. The highest BCUT2D eigenvalue weighted by Gasteiger charge is 2.32. The summed E-state index contributed by atoms with van der Waals surface area (Å²) in [6.07, 6.45) is -3.89. The van der Waals surface area contributed by atoms with Gasteiger partial charge >= 0.3 is 6.18 Å². The average Bonchev–Trinajstić information content (AvgIpc) is 2.29. The molecule has 0 bridgehead atoms. The fourth-order valence-corrected chi connectivity index (χ4v) is 1.70. The molecule has 1 aromatic heterocycles. The molecule has 0 amide bonds. The fourth-order valence-electron chi connectivity index (χ4n) is 1.70. The zero-order valence-corrected chi connectivity index (χ0v) is 10.1. The molecule has 0 aliphatic carbocycles. The third-order valence-corrected chi connectivity index (χ3v) is 2.57. The van der Waals surface area contributed by atoms with E-state index in [-0.39, 0.29) is 18.2 Å². The number of hydrogen-bond acceptors (Lipinski definition) is 3. The highest BCUT2D eigenvalue weighted by atomic mass is 35.5. The predicted molar refractivity (Wildman–Crippen MR) is 61.5 cm³/mol. The summed E-state index contributed by atoms with van der Waals surface area (Å²) in [4.78, 5) is 5.20. The summed E-state index contributed by atoms with van der Waals surface area (Å²) in [7, 11) is 0. The fraction of sp³-hybridized carbons (Fsp3) is 0.500. The lowest BCUT2D eigenvalue weighted by atomic mass is 10.2. The Labute approximate surface area is 108 Å². The highest BCUT2D eigenvalue weighted by molar-refractivity contribution is 5.85. The standard InChI is InChI=1S/C10H11F4N3.ClH/c11-8-5-7(10(12,13)14)6-16-9(8)17-3-1-15-2-4-17;/h5-6,15H,1-4H2;1H. The van der Waals surface area contributed by atoms with Crippen LogP contribution in [0.15, 0.2) is 12.3 Å². The van der Waals surface area contributed by atoms with Crippen molar-refractivity contribution < 1.29 is 17.6 Å². The van der Waals surface area contributed by atoms with Crippen LogP contribution in [0.1, 0.15) is 5.56 Å². The van der Waals surface area contributed by atoms with E-state index in [1.807, 2.05) is 0 Å². The number of nitrogens with one attached hydrogen (secondary N) is 1. The molecule has 1 fully saturated rings. The molecule has 0 atom stereocenters. The van der Waals surface area contributed by atoms with Crippen LogP contribution >= 0.6 is 12.4 Å². The Bertz CT molecular complexity index is 405. The van der Waals surface area contributed by atoms with Crippen molar-refractivity contribution in [2.24, 2.45) is 0 Å². The summed E-state index contributed by atoms with van der Waals surface area (Å²) in [5, 5.41) is 3.07. The molecule has 102 valence electrons. The molecule has 18 heavy (non-hydrogen) atoms. The Hall–Kier alpha value is -1.08. The van der Waals surface area contributed by atoms with E-state index < -0.39 is 17.6 Å². The topological polar surface area (TPSA) is 28.2 Å². The zero-order valence-electron chi connectivity index (χ0n) is 9.30. The molecular formula is C10H12ClF4N3. The van der Waals surface area contributed by atoms with Gasteiger partial charge in [-0.1, -0.05) is 0 Å². The zero-order chi connectivity index (χ0) is 12.5. The molecule has 0 spiro atoms. The van der Waals surface area contributed by atoms with Crippen LogP contribution in [0.2, 0.25) is 0 Å². The van der Waals surface area contributed by atoms with Gasteiger partial charge in [0.1, 0.15) is 0 Å². The second-order valence-electron chi connectivity index (χ2n) is 3.76. The molecule has 0 aromatic carbocycles. The number of rotatable bonds is 1. The first-order valence-corrected chi connectivity index (χ1v) is 5.17. The second-order valence-corrected chi connectivity index (χ2v) is 3.76. The van der Waals surface area contributed by atoms with E-state index in [1.165, 1.54) is 0 Å². The molecule has 1 saturated heterocycles. The maximum Gasteiger partial charge on any atom is 0.417 e. The molecular weight excluding hydrogens is 274 g/mol. The van der Waals surface area contributed by atoms with Crippen molar-refractivity contribution in [2.75, 3.05) is 31.1 Å². The Morgan fingerprint density at radius 1 is 1.22 bits per heavy atom. The third-order valence-electron chi connectivity index (χ3n) is 2.57. The minimum Gasteiger partial charge on any atom is -0.352 e. The SMILES string of the molecule is Cl.Fc1cc(C(F)(F)F)cnc1N1CCNCC1. The minimum atomic E-state index is -4.56. The molecule has 2 rings (SSSR count). The monoisotopic (exact) mass is 285 g/mol. The van der Waals surface area contributed by atoms with Gasteiger partial charge in [0, 0.05) is 32.4 Å². The Morgan fingerprint density at radius 2 is 1.83 bits per heavy atom. The Balaban J connectivity index is 0.00000162. The van der Waals surface area contributed by atoms with Crippen LogP contribution in [0, 0.1) is 5.82 Å². The summed E-state index contributed by atoms with van der Waals surface area (Å²) in [6, 6.07) is 0.490. The molecule has 8 heteroatoms. The molecule has 1 aliphatic heterocycles. The normalized spacial score (nSPS) is 16.3. The lowest BCUT2D eigenvalue weighted by Crippen LogP contribution is -2.44. The summed E-state index contributed by atoms with van der Waals surface area (Å²) < 4.78 is 50.5. The molecule has 1 aromatic rings. The first kappa shape index (κ1) is 15.0. The van der Waals surface area contributed by atoms with Gasteiger partial charge in [-0.25, -0.2) is 9.37 Å². The Morgan fingerprint density at radius 3 is 2.33 bits per heavy atom. The number of hydrogen-bond donors (Lipinski definition) is 1. The van der Waals surface area contributed by atoms with Crippen molar-refractivity contribution in [2.45, 2.75) is 6.18 Å². The van der Waals surface area contributed by atoms with Crippen molar-refractivity contribution in [3.05, 3.63) is 23.6 Å². The molecule has 0 unspecified atom stereocenters. The number of anilines is 1. The van der Waals surface area contributed by atoms with E-state index in [1.54, 1.807) is 4.90 Å². The maximum absolute atomic E-state index is 13.5. The van der Waals surface area contributed by atoms with E-state index in [2.05, 4.69) is 10.3 Å². The second kappa shape index (κ2) is 5.71. The van der Waals surface area contributed by atoms with Gasteiger partial charge in [-0.3, -0.25) is 0 Å². The van der Waals surface area contributed by atoms with E-state index >= 15 is 0 Å². The molecule has 0 saturated carbocycles. The van der Waals surface area contributed by atoms with Crippen LogP contribution in [0.4, 0.5) is 23.4 Å². The van der Waals surface area contributed by atoms with Crippen LogP contribution in [-0.4, -0.2) is 31.2 Å². The lowest BCUT2D eigenvalue weighted by Gasteiger charge is -2.28. The van der Waals surface area contributed by atoms with E-state index in [4.69, 9.17) is 0 Å². The van der Waals surface area contributed by atoms with Crippen molar-refractivity contribution in [1.29, 1.82) is 0 Å². The first-order valence-electron chi connectivity index (χ1n) is 5.17. The van der Waals surface area contributed by atoms with Crippen LogP contribution in [0.5, 0.6) is 0 Å². The van der Waals surface area contributed by atoms with Crippen molar-refractivity contribution >= 4 is 18.2 Å². The quantitative estimate of drug-likeness (QED) is 0.801. The largest absolute Gasteiger partial charge is 0.417 e.